The van der Waals surface area contributed by atoms with E-state index in [1.807, 2.05) is 6.07 Å². The summed E-state index contributed by atoms with van der Waals surface area (Å²) in [6, 6.07) is 8.61. The molecule has 1 fully saturated rings. The molecule has 0 saturated heterocycles. The number of hydrogen-bond acceptors (Lipinski definition) is 3. The molecule has 0 unspecified atom stereocenters. The highest BCUT2D eigenvalue weighted by Gasteiger charge is 2.34. The van der Waals surface area contributed by atoms with E-state index in [1.165, 1.54) is 16.9 Å². The first-order valence-corrected chi connectivity index (χ1v) is 8.86. The van der Waals surface area contributed by atoms with Gasteiger partial charge >= 0.3 is 6.18 Å². The first-order chi connectivity index (χ1) is 13.4. The predicted molar refractivity (Wildman–Crippen MR) is 95.9 cm³/mol. The number of nitrogens with zero attached hydrogens (tertiary/aromatic N) is 3. The Kier molecular flexibility index (Phi) is 4.62. The van der Waals surface area contributed by atoms with E-state index in [2.05, 4.69) is 15.4 Å². The molecule has 2 heterocycles. The van der Waals surface area contributed by atoms with Crippen molar-refractivity contribution in [1.82, 2.24) is 20.1 Å². The van der Waals surface area contributed by atoms with E-state index < -0.39 is 11.7 Å². The van der Waals surface area contributed by atoms with Crippen LogP contribution >= 0.6 is 0 Å². The number of carbonyl (C=O) groups excluding carboxylic acids is 1. The molecule has 0 radical (unpaired) electrons. The fourth-order valence-corrected chi connectivity index (χ4v) is 3.08. The van der Waals surface area contributed by atoms with Crippen LogP contribution in [0.3, 0.4) is 0 Å². The highest BCUT2D eigenvalue weighted by molar-refractivity contribution is 5.95. The molecule has 0 aliphatic heterocycles. The molecular formula is C20H17F3N4O. The number of aromatic nitrogens is 3. The molecule has 0 bridgehead atoms. The Morgan fingerprint density at radius 1 is 1.18 bits per heavy atom. The molecule has 1 aliphatic rings. The molecule has 5 nitrogen and oxygen atoms in total. The standard InChI is InChI=1S/C20H17F3N4O/c21-20(22,23)15-4-1-5-16(9-15)27-18(14-6-7-14)17(12-26-27)19(28)25-11-13-3-2-8-24-10-13/h1-5,8-10,12,14H,6-7,11H2,(H,25,28). The summed E-state index contributed by atoms with van der Waals surface area (Å²) >= 11 is 0. The lowest BCUT2D eigenvalue weighted by Gasteiger charge is -2.12. The molecule has 4 rings (SSSR count). The van der Waals surface area contributed by atoms with Crippen molar-refractivity contribution in [2.45, 2.75) is 31.5 Å². The van der Waals surface area contributed by atoms with Crippen LogP contribution in [0.15, 0.2) is 55.0 Å². The van der Waals surface area contributed by atoms with Crippen LogP contribution in [0.2, 0.25) is 0 Å². The van der Waals surface area contributed by atoms with E-state index in [9.17, 15) is 18.0 Å². The lowest BCUT2D eigenvalue weighted by atomic mass is 10.1. The van der Waals surface area contributed by atoms with Gasteiger partial charge in [0.15, 0.2) is 0 Å². The fourth-order valence-electron chi connectivity index (χ4n) is 3.08. The Hall–Kier alpha value is -3.16. The maximum Gasteiger partial charge on any atom is 0.416 e. The number of halogens is 3. The number of amides is 1. The molecule has 2 aromatic heterocycles. The summed E-state index contributed by atoms with van der Waals surface area (Å²) in [6.07, 6.45) is 2.06. The van der Waals surface area contributed by atoms with Crippen molar-refractivity contribution in [2.75, 3.05) is 0 Å². The van der Waals surface area contributed by atoms with Crippen LogP contribution in [0.4, 0.5) is 13.2 Å². The average Bonchev–Trinajstić information content (AvgIpc) is 3.44. The number of hydrogen-bond donors (Lipinski definition) is 1. The number of carbonyl (C=O) groups is 1. The minimum Gasteiger partial charge on any atom is -0.348 e. The van der Waals surface area contributed by atoms with Gasteiger partial charge in [0, 0.05) is 24.9 Å². The zero-order chi connectivity index (χ0) is 19.7. The summed E-state index contributed by atoms with van der Waals surface area (Å²) in [6.45, 7) is 0.311. The lowest BCUT2D eigenvalue weighted by molar-refractivity contribution is -0.137. The second-order valence-corrected chi connectivity index (χ2v) is 6.72. The highest BCUT2D eigenvalue weighted by atomic mass is 19.4. The van der Waals surface area contributed by atoms with Crippen LogP contribution in [0.5, 0.6) is 0 Å². The molecule has 1 amide bonds. The minimum atomic E-state index is -4.44. The maximum absolute atomic E-state index is 13.1. The van der Waals surface area contributed by atoms with E-state index >= 15 is 0 Å². The number of benzene rings is 1. The topological polar surface area (TPSA) is 59.8 Å². The van der Waals surface area contributed by atoms with E-state index in [0.29, 0.717) is 23.5 Å². The third-order valence-electron chi connectivity index (χ3n) is 4.61. The van der Waals surface area contributed by atoms with Gasteiger partial charge in [0.05, 0.1) is 28.7 Å². The Morgan fingerprint density at radius 3 is 2.68 bits per heavy atom. The largest absolute Gasteiger partial charge is 0.416 e. The van der Waals surface area contributed by atoms with Crippen LogP contribution in [-0.2, 0) is 12.7 Å². The highest BCUT2D eigenvalue weighted by Crippen LogP contribution is 2.42. The van der Waals surface area contributed by atoms with Gasteiger partial charge in [-0.05, 0) is 42.7 Å². The fraction of sp³-hybridized carbons (Fsp3) is 0.250. The number of rotatable bonds is 5. The van der Waals surface area contributed by atoms with Crippen LogP contribution in [0, 0.1) is 0 Å². The molecule has 1 aliphatic carbocycles. The van der Waals surface area contributed by atoms with Gasteiger partial charge in [-0.25, -0.2) is 4.68 Å². The normalized spacial score (nSPS) is 14.1. The average molecular weight is 386 g/mol. The van der Waals surface area contributed by atoms with Crippen LogP contribution in [0.25, 0.3) is 5.69 Å². The number of pyridine rings is 1. The second-order valence-electron chi connectivity index (χ2n) is 6.72. The third-order valence-corrected chi connectivity index (χ3v) is 4.61. The quantitative estimate of drug-likeness (QED) is 0.718. The Labute approximate surface area is 159 Å². The van der Waals surface area contributed by atoms with Gasteiger partial charge in [0.1, 0.15) is 0 Å². The Bertz CT molecular complexity index is 994. The second kappa shape index (κ2) is 7.10. The summed E-state index contributed by atoms with van der Waals surface area (Å²) in [5, 5.41) is 7.05. The van der Waals surface area contributed by atoms with Gasteiger partial charge in [-0.15, -0.1) is 0 Å². The monoisotopic (exact) mass is 386 g/mol. The van der Waals surface area contributed by atoms with Crippen LogP contribution in [-0.4, -0.2) is 20.7 Å². The molecule has 1 saturated carbocycles. The molecule has 1 N–H and O–H groups in total. The van der Waals surface area contributed by atoms with Gasteiger partial charge in [-0.3, -0.25) is 9.78 Å². The van der Waals surface area contributed by atoms with Crippen molar-refractivity contribution in [3.8, 4) is 5.69 Å². The maximum atomic E-state index is 13.1. The number of nitrogens with one attached hydrogen (secondary N) is 1. The van der Waals surface area contributed by atoms with Crippen LogP contribution < -0.4 is 5.32 Å². The first-order valence-electron chi connectivity index (χ1n) is 8.86. The summed E-state index contributed by atoms with van der Waals surface area (Å²) in [5.74, 6) is -0.180. The van der Waals surface area contributed by atoms with Crippen molar-refractivity contribution < 1.29 is 18.0 Å². The van der Waals surface area contributed by atoms with Gasteiger partial charge in [0.25, 0.3) is 5.91 Å². The predicted octanol–water partition coefficient (Wildman–Crippen LogP) is 4.09. The van der Waals surface area contributed by atoms with Gasteiger partial charge in [-0.2, -0.15) is 18.3 Å². The van der Waals surface area contributed by atoms with Crippen LogP contribution in [0.1, 0.15) is 45.9 Å². The zero-order valence-electron chi connectivity index (χ0n) is 14.8. The minimum absolute atomic E-state index is 0.121. The van der Waals surface area contributed by atoms with E-state index in [-0.39, 0.29) is 11.8 Å². The van der Waals surface area contributed by atoms with Gasteiger partial charge in [0.2, 0.25) is 0 Å². The molecule has 3 aromatic rings. The summed E-state index contributed by atoms with van der Waals surface area (Å²) in [4.78, 5) is 16.7. The smallest absolute Gasteiger partial charge is 0.348 e. The Balaban J connectivity index is 1.63. The molecule has 0 spiro atoms. The van der Waals surface area contributed by atoms with Crippen molar-refractivity contribution in [1.29, 1.82) is 0 Å². The third kappa shape index (κ3) is 3.76. The lowest BCUT2D eigenvalue weighted by Crippen LogP contribution is -2.23. The summed E-state index contributed by atoms with van der Waals surface area (Å²) in [5.41, 5.74) is 1.45. The van der Waals surface area contributed by atoms with E-state index in [1.54, 1.807) is 24.5 Å². The zero-order valence-corrected chi connectivity index (χ0v) is 14.8. The molecular weight excluding hydrogens is 369 g/mol. The molecule has 1 aromatic carbocycles. The Morgan fingerprint density at radius 2 is 2.00 bits per heavy atom. The van der Waals surface area contributed by atoms with Gasteiger partial charge in [-0.1, -0.05) is 12.1 Å². The SMILES string of the molecule is O=C(NCc1cccnc1)c1cnn(-c2cccc(C(F)(F)F)c2)c1C1CC1. The van der Waals surface area contributed by atoms with Crippen molar-refractivity contribution >= 4 is 5.91 Å². The molecule has 0 atom stereocenters. The van der Waals surface area contributed by atoms with Crippen molar-refractivity contribution in [3.63, 3.8) is 0 Å². The number of alkyl halides is 3. The summed E-state index contributed by atoms with van der Waals surface area (Å²) < 4.78 is 40.6. The van der Waals surface area contributed by atoms with E-state index in [4.69, 9.17) is 0 Å². The summed E-state index contributed by atoms with van der Waals surface area (Å²) in [7, 11) is 0. The van der Waals surface area contributed by atoms with E-state index in [0.717, 1.165) is 30.5 Å². The van der Waals surface area contributed by atoms with Crippen molar-refractivity contribution in [2.24, 2.45) is 0 Å². The van der Waals surface area contributed by atoms with Crippen molar-refractivity contribution in [3.05, 3.63) is 77.4 Å². The first kappa shape index (κ1) is 18.2. The molecule has 144 valence electrons. The van der Waals surface area contributed by atoms with Gasteiger partial charge < -0.3 is 5.32 Å². The molecule has 28 heavy (non-hydrogen) atoms. The molecule has 8 heteroatoms.